The SMILES string of the molecule is Cc1ccc2nnc(C3CCCCC3C(=O)O)n2n1. The topological polar surface area (TPSA) is 80.4 Å². The number of fused-ring (bicyclic) bond motifs is 1. The molecule has 0 amide bonds. The zero-order chi connectivity index (χ0) is 13.4. The van der Waals surface area contributed by atoms with Gasteiger partial charge in [0.1, 0.15) is 0 Å². The Balaban J connectivity index is 2.06. The summed E-state index contributed by atoms with van der Waals surface area (Å²) in [5.41, 5.74) is 1.55. The summed E-state index contributed by atoms with van der Waals surface area (Å²) in [6, 6.07) is 3.74. The van der Waals surface area contributed by atoms with Crippen molar-refractivity contribution in [3.8, 4) is 0 Å². The normalized spacial score (nSPS) is 23.6. The quantitative estimate of drug-likeness (QED) is 0.890. The van der Waals surface area contributed by atoms with E-state index in [0.717, 1.165) is 25.0 Å². The van der Waals surface area contributed by atoms with Crippen LogP contribution in [0.25, 0.3) is 5.65 Å². The minimum absolute atomic E-state index is 0.0875. The van der Waals surface area contributed by atoms with Crippen molar-refractivity contribution in [2.24, 2.45) is 5.92 Å². The number of aliphatic carboxylic acids is 1. The second-order valence-electron chi connectivity index (χ2n) is 5.14. The van der Waals surface area contributed by atoms with Crippen LogP contribution in [0.15, 0.2) is 12.1 Å². The Morgan fingerprint density at radius 2 is 2.11 bits per heavy atom. The summed E-state index contributed by atoms with van der Waals surface area (Å²) in [5.74, 6) is -0.515. The van der Waals surface area contributed by atoms with Crippen molar-refractivity contribution in [3.05, 3.63) is 23.7 Å². The Morgan fingerprint density at radius 1 is 1.32 bits per heavy atom. The van der Waals surface area contributed by atoms with Crippen LogP contribution in [0, 0.1) is 12.8 Å². The maximum Gasteiger partial charge on any atom is 0.307 e. The van der Waals surface area contributed by atoms with Crippen molar-refractivity contribution < 1.29 is 9.90 Å². The summed E-state index contributed by atoms with van der Waals surface area (Å²) >= 11 is 0. The summed E-state index contributed by atoms with van der Waals surface area (Å²) in [6.07, 6.45) is 3.56. The molecule has 0 spiro atoms. The number of carboxylic acid groups (broad SMARTS) is 1. The van der Waals surface area contributed by atoms with Gasteiger partial charge in [-0.3, -0.25) is 4.79 Å². The van der Waals surface area contributed by atoms with Crippen molar-refractivity contribution in [2.75, 3.05) is 0 Å². The van der Waals surface area contributed by atoms with Crippen LogP contribution in [0.1, 0.15) is 43.1 Å². The highest BCUT2D eigenvalue weighted by atomic mass is 16.4. The predicted molar refractivity (Wildman–Crippen MR) is 67.9 cm³/mol. The Labute approximate surface area is 110 Å². The van der Waals surface area contributed by atoms with Crippen molar-refractivity contribution >= 4 is 11.6 Å². The van der Waals surface area contributed by atoms with Gasteiger partial charge >= 0.3 is 5.97 Å². The average molecular weight is 260 g/mol. The molecule has 1 aliphatic carbocycles. The van der Waals surface area contributed by atoms with Gasteiger partial charge in [0.05, 0.1) is 11.6 Å². The molecule has 3 rings (SSSR count). The number of carboxylic acids is 1. The van der Waals surface area contributed by atoms with Gasteiger partial charge in [0, 0.05) is 5.92 Å². The first kappa shape index (κ1) is 12.1. The van der Waals surface area contributed by atoms with E-state index in [9.17, 15) is 9.90 Å². The average Bonchev–Trinajstić information content (AvgIpc) is 2.81. The number of hydrogen-bond acceptors (Lipinski definition) is 4. The fourth-order valence-electron chi connectivity index (χ4n) is 2.86. The second kappa shape index (κ2) is 4.60. The molecule has 0 saturated heterocycles. The van der Waals surface area contributed by atoms with Crippen LogP contribution < -0.4 is 0 Å². The van der Waals surface area contributed by atoms with E-state index in [1.807, 2.05) is 19.1 Å². The summed E-state index contributed by atoms with van der Waals surface area (Å²) in [6.45, 7) is 1.90. The Hall–Kier alpha value is -1.98. The van der Waals surface area contributed by atoms with Gasteiger partial charge in [-0.2, -0.15) is 9.61 Å². The fraction of sp³-hybridized carbons (Fsp3) is 0.538. The Morgan fingerprint density at radius 3 is 2.89 bits per heavy atom. The third-order valence-corrected chi connectivity index (χ3v) is 3.84. The van der Waals surface area contributed by atoms with Gasteiger partial charge in [0.15, 0.2) is 11.5 Å². The van der Waals surface area contributed by atoms with Crippen LogP contribution >= 0.6 is 0 Å². The molecule has 2 atom stereocenters. The molecule has 0 aliphatic heterocycles. The molecular formula is C13H16N4O2. The smallest absolute Gasteiger partial charge is 0.307 e. The predicted octanol–water partition coefficient (Wildman–Crippen LogP) is 1.79. The molecule has 2 aromatic heterocycles. The third-order valence-electron chi connectivity index (χ3n) is 3.84. The fourth-order valence-corrected chi connectivity index (χ4v) is 2.86. The molecule has 6 nitrogen and oxygen atoms in total. The lowest BCUT2D eigenvalue weighted by Crippen LogP contribution is -2.27. The van der Waals surface area contributed by atoms with E-state index in [2.05, 4.69) is 15.3 Å². The van der Waals surface area contributed by atoms with Gasteiger partial charge in [0.2, 0.25) is 0 Å². The zero-order valence-electron chi connectivity index (χ0n) is 10.8. The number of nitrogens with zero attached hydrogens (tertiary/aromatic N) is 4. The molecule has 6 heteroatoms. The van der Waals surface area contributed by atoms with Crippen LogP contribution in [0.5, 0.6) is 0 Å². The lowest BCUT2D eigenvalue weighted by molar-refractivity contribution is -0.143. The van der Waals surface area contributed by atoms with E-state index in [1.54, 1.807) is 4.52 Å². The van der Waals surface area contributed by atoms with Gasteiger partial charge < -0.3 is 5.11 Å². The van der Waals surface area contributed by atoms with Crippen molar-refractivity contribution in [1.29, 1.82) is 0 Å². The van der Waals surface area contributed by atoms with Gasteiger partial charge in [0.25, 0.3) is 0 Å². The summed E-state index contributed by atoms with van der Waals surface area (Å²) in [7, 11) is 0. The molecule has 19 heavy (non-hydrogen) atoms. The lowest BCUT2D eigenvalue weighted by atomic mass is 9.79. The maximum absolute atomic E-state index is 11.4. The minimum atomic E-state index is -0.742. The molecule has 1 N–H and O–H groups in total. The molecular weight excluding hydrogens is 244 g/mol. The van der Waals surface area contributed by atoms with E-state index in [1.165, 1.54) is 0 Å². The Bertz CT molecular complexity index is 622. The molecule has 2 unspecified atom stereocenters. The number of hydrogen-bond donors (Lipinski definition) is 1. The minimum Gasteiger partial charge on any atom is -0.481 e. The third kappa shape index (κ3) is 2.07. The Kier molecular flexibility index (Phi) is 2.93. The van der Waals surface area contributed by atoms with Crippen LogP contribution in [-0.2, 0) is 4.79 Å². The van der Waals surface area contributed by atoms with Crippen LogP contribution in [0.2, 0.25) is 0 Å². The highest BCUT2D eigenvalue weighted by Gasteiger charge is 2.35. The first-order valence-corrected chi connectivity index (χ1v) is 6.58. The van der Waals surface area contributed by atoms with Gasteiger partial charge in [-0.15, -0.1) is 10.2 Å². The number of aromatic nitrogens is 4. The molecule has 1 fully saturated rings. The van der Waals surface area contributed by atoms with E-state index < -0.39 is 5.97 Å². The maximum atomic E-state index is 11.4. The molecule has 0 aromatic carbocycles. The first-order valence-electron chi connectivity index (χ1n) is 6.58. The molecule has 0 bridgehead atoms. The molecule has 100 valence electrons. The highest BCUT2D eigenvalue weighted by molar-refractivity contribution is 5.71. The van der Waals surface area contributed by atoms with Crippen LogP contribution in [0.4, 0.5) is 0 Å². The largest absolute Gasteiger partial charge is 0.481 e. The highest BCUT2D eigenvalue weighted by Crippen LogP contribution is 2.37. The lowest BCUT2D eigenvalue weighted by Gasteiger charge is -2.26. The standard InChI is InChI=1S/C13H16N4O2/c1-8-6-7-11-14-15-12(17(11)16-8)9-4-2-3-5-10(9)13(18)19/h6-7,9-10H,2-5H2,1H3,(H,18,19). The number of rotatable bonds is 2. The van der Waals surface area contributed by atoms with Gasteiger partial charge in [-0.25, -0.2) is 0 Å². The summed E-state index contributed by atoms with van der Waals surface area (Å²) < 4.78 is 1.70. The van der Waals surface area contributed by atoms with Gasteiger partial charge in [-0.05, 0) is 31.9 Å². The number of carbonyl (C=O) groups is 1. The molecule has 2 heterocycles. The zero-order valence-corrected chi connectivity index (χ0v) is 10.8. The number of aryl methyl sites for hydroxylation is 1. The van der Waals surface area contributed by atoms with Crippen LogP contribution in [0.3, 0.4) is 0 Å². The van der Waals surface area contributed by atoms with E-state index >= 15 is 0 Å². The molecule has 1 aliphatic rings. The van der Waals surface area contributed by atoms with E-state index in [-0.39, 0.29) is 11.8 Å². The first-order chi connectivity index (χ1) is 9.16. The monoisotopic (exact) mass is 260 g/mol. The van der Waals surface area contributed by atoms with Crippen molar-refractivity contribution in [2.45, 2.75) is 38.5 Å². The molecule has 1 saturated carbocycles. The van der Waals surface area contributed by atoms with Crippen molar-refractivity contribution in [3.63, 3.8) is 0 Å². The van der Waals surface area contributed by atoms with Crippen LogP contribution in [-0.4, -0.2) is 30.9 Å². The van der Waals surface area contributed by atoms with Gasteiger partial charge in [-0.1, -0.05) is 12.8 Å². The van der Waals surface area contributed by atoms with E-state index in [4.69, 9.17) is 0 Å². The van der Waals surface area contributed by atoms with E-state index in [0.29, 0.717) is 17.9 Å². The molecule has 2 aromatic rings. The summed E-state index contributed by atoms with van der Waals surface area (Å²) in [5, 5.41) is 22.0. The van der Waals surface area contributed by atoms with Crippen molar-refractivity contribution in [1.82, 2.24) is 19.8 Å². The second-order valence-corrected chi connectivity index (χ2v) is 5.14. The summed E-state index contributed by atoms with van der Waals surface area (Å²) in [4.78, 5) is 11.4. The molecule has 0 radical (unpaired) electrons.